The van der Waals surface area contributed by atoms with Crippen LogP contribution in [0.15, 0.2) is 30.3 Å². The number of methoxy groups -OCH3 is 1. The number of thioether (sulfide) groups is 1. The summed E-state index contributed by atoms with van der Waals surface area (Å²) in [5.41, 5.74) is 0.912. The minimum Gasteiger partial charge on any atom is -0.394 e. The van der Waals surface area contributed by atoms with Crippen molar-refractivity contribution in [1.29, 1.82) is 0 Å². The van der Waals surface area contributed by atoms with E-state index >= 15 is 0 Å². The van der Waals surface area contributed by atoms with E-state index in [9.17, 15) is 9.90 Å². The molecule has 1 aromatic carbocycles. The van der Waals surface area contributed by atoms with Gasteiger partial charge in [0, 0.05) is 12.9 Å². The van der Waals surface area contributed by atoms with Gasteiger partial charge < -0.3 is 15.2 Å². The van der Waals surface area contributed by atoms with Crippen LogP contribution in [0.1, 0.15) is 11.6 Å². The highest BCUT2D eigenvalue weighted by molar-refractivity contribution is 7.99. The number of carbonyl (C=O) groups is 1. The van der Waals surface area contributed by atoms with Gasteiger partial charge in [0.05, 0.1) is 25.0 Å². The molecule has 18 heavy (non-hydrogen) atoms. The number of rotatable bonds is 8. The summed E-state index contributed by atoms with van der Waals surface area (Å²) in [6, 6.07) is 9.12. The lowest BCUT2D eigenvalue weighted by Gasteiger charge is -2.16. The van der Waals surface area contributed by atoms with Crippen molar-refractivity contribution in [3.05, 3.63) is 35.9 Å². The first kappa shape index (κ1) is 15.0. The van der Waals surface area contributed by atoms with Gasteiger partial charge in [0.2, 0.25) is 5.91 Å². The van der Waals surface area contributed by atoms with Crippen molar-refractivity contribution >= 4 is 17.7 Å². The fraction of sp³-hybridized carbons (Fsp3) is 0.462. The van der Waals surface area contributed by atoms with Crippen LogP contribution in [0.4, 0.5) is 0 Å². The predicted octanol–water partition coefficient (Wildman–Crippen LogP) is 1.22. The molecule has 1 unspecified atom stereocenters. The zero-order chi connectivity index (χ0) is 13.2. The number of ether oxygens (including phenoxy) is 1. The Morgan fingerprint density at radius 1 is 1.44 bits per heavy atom. The van der Waals surface area contributed by atoms with Crippen LogP contribution in [0.3, 0.4) is 0 Å². The van der Waals surface area contributed by atoms with E-state index in [1.807, 2.05) is 30.3 Å². The van der Waals surface area contributed by atoms with E-state index in [1.54, 1.807) is 7.11 Å². The van der Waals surface area contributed by atoms with Crippen molar-refractivity contribution in [2.24, 2.45) is 0 Å². The standard InChI is InChI=1S/C13H19NO3S/c1-17-7-8-18-10-13(16)14-12(9-15)11-5-3-2-4-6-11/h2-6,12,15H,7-10H2,1H3,(H,14,16). The lowest BCUT2D eigenvalue weighted by atomic mass is 10.1. The molecule has 0 aliphatic rings. The van der Waals surface area contributed by atoms with Gasteiger partial charge in [-0.1, -0.05) is 30.3 Å². The quantitative estimate of drug-likeness (QED) is 0.697. The molecule has 1 atom stereocenters. The topological polar surface area (TPSA) is 58.6 Å². The number of hydrogen-bond donors (Lipinski definition) is 2. The Balaban J connectivity index is 2.37. The molecule has 0 spiro atoms. The van der Waals surface area contributed by atoms with E-state index in [0.717, 1.165) is 11.3 Å². The Morgan fingerprint density at radius 2 is 2.17 bits per heavy atom. The summed E-state index contributed by atoms with van der Waals surface area (Å²) in [5.74, 6) is 1.10. The summed E-state index contributed by atoms with van der Waals surface area (Å²) < 4.78 is 4.90. The Hall–Kier alpha value is -1.04. The Bertz CT molecular complexity index is 345. The lowest BCUT2D eigenvalue weighted by molar-refractivity contribution is -0.119. The number of amides is 1. The smallest absolute Gasteiger partial charge is 0.230 e. The van der Waals surface area contributed by atoms with Gasteiger partial charge in [-0.15, -0.1) is 11.8 Å². The van der Waals surface area contributed by atoms with Gasteiger partial charge >= 0.3 is 0 Å². The molecule has 0 bridgehead atoms. The van der Waals surface area contributed by atoms with Gasteiger partial charge in [0.1, 0.15) is 0 Å². The molecule has 0 aliphatic carbocycles. The number of benzene rings is 1. The van der Waals surface area contributed by atoms with Crippen molar-refractivity contribution in [3.63, 3.8) is 0 Å². The van der Waals surface area contributed by atoms with E-state index in [4.69, 9.17) is 4.74 Å². The molecule has 0 fully saturated rings. The molecule has 0 saturated carbocycles. The van der Waals surface area contributed by atoms with E-state index < -0.39 is 0 Å². The Labute approximate surface area is 112 Å². The molecule has 0 aliphatic heterocycles. The molecule has 0 radical (unpaired) electrons. The highest BCUT2D eigenvalue weighted by Gasteiger charge is 2.12. The zero-order valence-electron chi connectivity index (χ0n) is 10.5. The van der Waals surface area contributed by atoms with Gasteiger partial charge in [-0.05, 0) is 5.56 Å². The Morgan fingerprint density at radius 3 is 2.78 bits per heavy atom. The van der Waals surface area contributed by atoms with Crippen LogP contribution in [0.5, 0.6) is 0 Å². The number of aliphatic hydroxyl groups excluding tert-OH is 1. The van der Waals surface area contributed by atoms with Crippen molar-refractivity contribution in [3.8, 4) is 0 Å². The molecule has 1 aromatic rings. The van der Waals surface area contributed by atoms with Gasteiger partial charge in [0.25, 0.3) is 0 Å². The summed E-state index contributed by atoms with van der Waals surface area (Å²) in [6.45, 7) is 0.540. The molecule has 2 N–H and O–H groups in total. The molecule has 1 rings (SSSR count). The highest BCUT2D eigenvalue weighted by Crippen LogP contribution is 2.11. The first-order valence-electron chi connectivity index (χ1n) is 5.79. The SMILES string of the molecule is COCCSCC(=O)NC(CO)c1ccccc1. The van der Waals surface area contributed by atoms with Crippen molar-refractivity contribution in [1.82, 2.24) is 5.32 Å². The molecule has 0 heterocycles. The number of nitrogens with one attached hydrogen (secondary N) is 1. The van der Waals surface area contributed by atoms with Crippen molar-refractivity contribution in [2.45, 2.75) is 6.04 Å². The normalized spacial score (nSPS) is 12.1. The van der Waals surface area contributed by atoms with Crippen LogP contribution in [-0.2, 0) is 9.53 Å². The predicted molar refractivity (Wildman–Crippen MR) is 73.6 cm³/mol. The molecule has 1 amide bonds. The number of hydrogen-bond acceptors (Lipinski definition) is 4. The third kappa shape index (κ3) is 5.53. The number of carbonyl (C=O) groups excluding carboxylic acids is 1. The van der Waals surface area contributed by atoms with Gasteiger partial charge in [-0.25, -0.2) is 0 Å². The second kappa shape index (κ2) is 8.97. The Kier molecular flexibility index (Phi) is 7.48. The van der Waals surface area contributed by atoms with Gasteiger partial charge in [0.15, 0.2) is 0 Å². The van der Waals surface area contributed by atoms with Crippen molar-refractivity contribution in [2.75, 3.05) is 31.8 Å². The first-order chi connectivity index (χ1) is 8.77. The van der Waals surface area contributed by atoms with Crippen LogP contribution in [-0.4, -0.2) is 42.8 Å². The minimum atomic E-state index is -0.332. The summed E-state index contributed by atoms with van der Waals surface area (Å²) in [6.07, 6.45) is 0. The van der Waals surface area contributed by atoms with E-state index in [-0.39, 0.29) is 18.6 Å². The lowest BCUT2D eigenvalue weighted by Crippen LogP contribution is -2.32. The maximum absolute atomic E-state index is 11.7. The zero-order valence-corrected chi connectivity index (χ0v) is 11.3. The molecular weight excluding hydrogens is 250 g/mol. The summed E-state index contributed by atoms with van der Waals surface area (Å²) in [5, 5.41) is 12.1. The van der Waals surface area contributed by atoms with Crippen LogP contribution < -0.4 is 5.32 Å². The fourth-order valence-electron chi connectivity index (χ4n) is 1.46. The van der Waals surface area contributed by atoms with E-state index in [1.165, 1.54) is 11.8 Å². The average molecular weight is 269 g/mol. The maximum Gasteiger partial charge on any atom is 0.230 e. The second-order valence-electron chi connectivity index (χ2n) is 3.76. The van der Waals surface area contributed by atoms with Gasteiger partial charge in [-0.2, -0.15) is 0 Å². The summed E-state index contributed by atoms with van der Waals surface area (Å²) in [7, 11) is 1.64. The van der Waals surface area contributed by atoms with Crippen molar-refractivity contribution < 1.29 is 14.6 Å². The monoisotopic (exact) mass is 269 g/mol. The van der Waals surface area contributed by atoms with Gasteiger partial charge in [-0.3, -0.25) is 4.79 Å². The van der Waals surface area contributed by atoms with Crippen LogP contribution in [0.25, 0.3) is 0 Å². The average Bonchev–Trinajstić information content (AvgIpc) is 2.42. The molecule has 0 aromatic heterocycles. The largest absolute Gasteiger partial charge is 0.394 e. The van der Waals surface area contributed by atoms with E-state index in [0.29, 0.717) is 12.4 Å². The summed E-state index contributed by atoms with van der Waals surface area (Å²) >= 11 is 1.51. The number of aliphatic hydroxyl groups is 1. The molecular formula is C13H19NO3S. The van der Waals surface area contributed by atoms with Crippen LogP contribution >= 0.6 is 11.8 Å². The first-order valence-corrected chi connectivity index (χ1v) is 6.95. The second-order valence-corrected chi connectivity index (χ2v) is 4.86. The van der Waals surface area contributed by atoms with Crippen LogP contribution in [0.2, 0.25) is 0 Å². The van der Waals surface area contributed by atoms with E-state index in [2.05, 4.69) is 5.32 Å². The fourth-order valence-corrected chi connectivity index (χ4v) is 2.16. The molecule has 4 nitrogen and oxygen atoms in total. The maximum atomic E-state index is 11.7. The van der Waals surface area contributed by atoms with Crippen LogP contribution in [0, 0.1) is 0 Å². The molecule has 100 valence electrons. The highest BCUT2D eigenvalue weighted by atomic mass is 32.2. The third-order valence-electron chi connectivity index (χ3n) is 2.38. The molecule has 5 heteroatoms. The third-order valence-corrected chi connectivity index (χ3v) is 3.31. The summed E-state index contributed by atoms with van der Waals surface area (Å²) in [4.78, 5) is 11.7. The minimum absolute atomic E-state index is 0.0704. The molecule has 0 saturated heterocycles.